The summed E-state index contributed by atoms with van der Waals surface area (Å²) in [6, 6.07) is 4.67. The van der Waals surface area contributed by atoms with Gasteiger partial charge in [0.1, 0.15) is 15.9 Å². The summed E-state index contributed by atoms with van der Waals surface area (Å²) in [4.78, 5) is 11.6. The molecule has 10 heteroatoms. The van der Waals surface area contributed by atoms with E-state index in [4.69, 9.17) is 0 Å². The lowest BCUT2D eigenvalue weighted by molar-refractivity contribution is -0.119. The molecule has 0 spiro atoms. The van der Waals surface area contributed by atoms with Gasteiger partial charge in [-0.05, 0) is 17.5 Å². The topological polar surface area (TPSA) is 113 Å². The molecule has 124 valence electrons. The van der Waals surface area contributed by atoms with E-state index in [9.17, 15) is 13.2 Å². The van der Waals surface area contributed by atoms with Crippen LogP contribution >= 0.6 is 11.7 Å². The number of carbonyl (C=O) groups is 1. The van der Waals surface area contributed by atoms with Crippen LogP contribution in [0, 0.1) is 5.41 Å². The number of sulfonamides is 1. The summed E-state index contributed by atoms with van der Waals surface area (Å²) in [5.41, 5.74) is 2.88. The first-order chi connectivity index (χ1) is 10.7. The Kier molecular flexibility index (Phi) is 5.07. The molecular weight excluding hydrogens is 338 g/mol. The molecule has 1 aromatic heterocycles. The van der Waals surface area contributed by atoms with Gasteiger partial charge in [0.15, 0.2) is 0 Å². The van der Waals surface area contributed by atoms with Gasteiger partial charge in [-0.25, -0.2) is 18.6 Å². The number of hydrazone groups is 1. The highest BCUT2D eigenvalue weighted by Gasteiger charge is 2.20. The van der Waals surface area contributed by atoms with Gasteiger partial charge >= 0.3 is 0 Å². The van der Waals surface area contributed by atoms with Crippen molar-refractivity contribution in [3.8, 4) is 0 Å². The quantitative estimate of drug-likeness (QED) is 0.616. The fraction of sp³-hybridized carbons (Fsp3) is 0.385. The predicted molar refractivity (Wildman–Crippen MR) is 88.7 cm³/mol. The van der Waals surface area contributed by atoms with Crippen molar-refractivity contribution in [2.24, 2.45) is 10.5 Å². The summed E-state index contributed by atoms with van der Waals surface area (Å²) < 4.78 is 34.8. The maximum absolute atomic E-state index is 12.3. The second-order valence-electron chi connectivity index (χ2n) is 5.87. The second-order valence-corrected chi connectivity index (χ2v) is 8.14. The molecule has 23 heavy (non-hydrogen) atoms. The Bertz CT molecular complexity index is 837. The van der Waals surface area contributed by atoms with Crippen LogP contribution in [0.1, 0.15) is 20.8 Å². The van der Waals surface area contributed by atoms with Crippen LogP contribution in [0.5, 0.6) is 0 Å². The van der Waals surface area contributed by atoms with Gasteiger partial charge in [-0.3, -0.25) is 4.79 Å². The molecule has 0 saturated carbocycles. The van der Waals surface area contributed by atoms with Crippen LogP contribution in [0.2, 0.25) is 0 Å². The van der Waals surface area contributed by atoms with Gasteiger partial charge in [-0.1, -0.05) is 26.8 Å². The molecule has 0 radical (unpaired) electrons. The molecule has 1 aromatic carbocycles. The molecule has 0 atom stereocenters. The lowest BCUT2D eigenvalue weighted by Crippen LogP contribution is -2.35. The fourth-order valence-electron chi connectivity index (χ4n) is 1.57. The summed E-state index contributed by atoms with van der Waals surface area (Å²) in [6.07, 6.45) is 1.57. The fourth-order valence-corrected chi connectivity index (χ4v) is 3.32. The molecular formula is C13H17N5O3S2. The van der Waals surface area contributed by atoms with E-state index in [0.29, 0.717) is 5.52 Å². The van der Waals surface area contributed by atoms with Crippen molar-refractivity contribution in [1.29, 1.82) is 0 Å². The summed E-state index contributed by atoms with van der Waals surface area (Å²) in [5.74, 6) is -0.558. The van der Waals surface area contributed by atoms with Crippen molar-refractivity contribution >= 4 is 44.9 Å². The van der Waals surface area contributed by atoms with Crippen LogP contribution in [-0.2, 0) is 14.8 Å². The number of benzene rings is 1. The van der Waals surface area contributed by atoms with Crippen LogP contribution in [-0.4, -0.2) is 35.8 Å². The average molecular weight is 355 g/mol. The third-order valence-electron chi connectivity index (χ3n) is 2.60. The molecule has 2 rings (SSSR count). The monoisotopic (exact) mass is 355 g/mol. The van der Waals surface area contributed by atoms with Crippen LogP contribution in [0.15, 0.2) is 28.2 Å². The zero-order valence-electron chi connectivity index (χ0n) is 12.9. The first-order valence-corrected chi connectivity index (χ1v) is 8.94. The molecule has 0 aliphatic carbocycles. The second kappa shape index (κ2) is 6.69. The van der Waals surface area contributed by atoms with E-state index in [1.807, 2.05) is 20.8 Å². The third-order valence-corrected chi connectivity index (χ3v) is 4.58. The summed E-state index contributed by atoms with van der Waals surface area (Å²) in [7, 11) is -3.86. The molecule has 0 unspecified atom stereocenters. The number of rotatable bonds is 5. The van der Waals surface area contributed by atoms with E-state index in [1.54, 1.807) is 18.3 Å². The van der Waals surface area contributed by atoms with Gasteiger partial charge in [0, 0.05) is 6.21 Å². The van der Waals surface area contributed by atoms with Crippen molar-refractivity contribution in [3.05, 3.63) is 18.2 Å². The van der Waals surface area contributed by atoms with Crippen molar-refractivity contribution in [1.82, 2.24) is 18.9 Å². The van der Waals surface area contributed by atoms with Crippen molar-refractivity contribution in [3.63, 3.8) is 0 Å². The lowest BCUT2D eigenvalue weighted by Gasteiger charge is -2.10. The Hall–Kier alpha value is -1.91. The number of amides is 1. The first-order valence-electron chi connectivity index (χ1n) is 6.73. The molecule has 0 aliphatic rings. The van der Waals surface area contributed by atoms with E-state index < -0.39 is 22.5 Å². The first kappa shape index (κ1) is 17.4. The normalized spacial score (nSPS) is 12.8. The molecule has 1 amide bonds. The highest BCUT2D eigenvalue weighted by molar-refractivity contribution is 7.89. The standard InChI is InChI=1S/C13H17N5O3S2/c1-13(2,3)8-14-16-11(19)7-15-23(20,21)10-6-4-5-9-12(10)18-22-17-9/h4-6,8,15H,7H2,1-3H3,(H,16,19)/b14-8-. The Balaban J connectivity index is 2.03. The minimum Gasteiger partial charge on any atom is -0.272 e. The number of nitrogens with zero attached hydrogens (tertiary/aromatic N) is 3. The SMILES string of the molecule is CC(C)(C)/C=N\NC(=O)CNS(=O)(=O)c1cccc2nsnc12. The minimum absolute atomic E-state index is 0.00487. The zero-order valence-corrected chi connectivity index (χ0v) is 14.5. The zero-order chi connectivity index (χ0) is 17.1. The summed E-state index contributed by atoms with van der Waals surface area (Å²) in [5, 5.41) is 3.78. The molecule has 0 aliphatic heterocycles. The number of carbonyl (C=O) groups excluding carboxylic acids is 1. The van der Waals surface area contributed by atoms with Crippen LogP contribution in [0.4, 0.5) is 0 Å². The molecule has 0 bridgehead atoms. The van der Waals surface area contributed by atoms with E-state index in [2.05, 4.69) is 24.0 Å². The smallest absolute Gasteiger partial charge is 0.255 e. The highest BCUT2D eigenvalue weighted by Crippen LogP contribution is 2.20. The minimum atomic E-state index is -3.86. The molecule has 2 aromatic rings. The Morgan fingerprint density at radius 2 is 2.09 bits per heavy atom. The van der Waals surface area contributed by atoms with Gasteiger partial charge < -0.3 is 0 Å². The van der Waals surface area contributed by atoms with Crippen molar-refractivity contribution in [2.45, 2.75) is 25.7 Å². The summed E-state index contributed by atoms with van der Waals surface area (Å²) >= 11 is 0.930. The maximum atomic E-state index is 12.3. The predicted octanol–water partition coefficient (Wildman–Crippen LogP) is 1.12. The van der Waals surface area contributed by atoms with Crippen LogP contribution < -0.4 is 10.1 Å². The molecule has 1 heterocycles. The Morgan fingerprint density at radius 1 is 1.35 bits per heavy atom. The molecule has 0 saturated heterocycles. The van der Waals surface area contributed by atoms with Gasteiger partial charge in [0.25, 0.3) is 5.91 Å². The van der Waals surface area contributed by atoms with Gasteiger partial charge in [-0.2, -0.15) is 13.8 Å². The molecule has 2 N–H and O–H groups in total. The van der Waals surface area contributed by atoms with Crippen LogP contribution in [0.3, 0.4) is 0 Å². The van der Waals surface area contributed by atoms with E-state index in [1.165, 1.54) is 6.07 Å². The van der Waals surface area contributed by atoms with Gasteiger partial charge in [-0.15, -0.1) is 0 Å². The van der Waals surface area contributed by atoms with Gasteiger partial charge in [0.05, 0.1) is 18.3 Å². The lowest BCUT2D eigenvalue weighted by atomic mass is 9.99. The van der Waals surface area contributed by atoms with Crippen molar-refractivity contribution in [2.75, 3.05) is 6.54 Å². The number of hydrogen-bond donors (Lipinski definition) is 2. The van der Waals surface area contributed by atoms with E-state index in [0.717, 1.165) is 11.7 Å². The van der Waals surface area contributed by atoms with Crippen LogP contribution in [0.25, 0.3) is 11.0 Å². The number of hydrogen-bond acceptors (Lipinski definition) is 7. The molecule has 8 nitrogen and oxygen atoms in total. The van der Waals surface area contributed by atoms with E-state index >= 15 is 0 Å². The Labute approximate surface area is 138 Å². The third kappa shape index (κ3) is 4.78. The average Bonchev–Trinajstić information content (AvgIpc) is 2.92. The largest absolute Gasteiger partial charge is 0.272 e. The van der Waals surface area contributed by atoms with E-state index in [-0.39, 0.29) is 15.8 Å². The number of fused-ring (bicyclic) bond motifs is 1. The summed E-state index contributed by atoms with van der Waals surface area (Å²) in [6.45, 7) is 5.35. The van der Waals surface area contributed by atoms with Crippen molar-refractivity contribution < 1.29 is 13.2 Å². The highest BCUT2D eigenvalue weighted by atomic mass is 32.2. The Morgan fingerprint density at radius 3 is 2.78 bits per heavy atom. The van der Waals surface area contributed by atoms with Gasteiger partial charge in [0.2, 0.25) is 10.0 Å². The number of aromatic nitrogens is 2. The maximum Gasteiger partial charge on any atom is 0.255 e. The number of nitrogens with one attached hydrogen (secondary N) is 2. The molecule has 0 fully saturated rings.